The lowest BCUT2D eigenvalue weighted by Crippen LogP contribution is -2.43. The maximum atomic E-state index is 12.7. The number of benzene rings is 1. The second kappa shape index (κ2) is 4.67. The molecular weight excluding hydrogens is 254 g/mol. The van der Waals surface area contributed by atoms with Crippen LogP contribution in [0.1, 0.15) is 23.2 Å². The van der Waals surface area contributed by atoms with Gasteiger partial charge in [0.1, 0.15) is 6.04 Å². The van der Waals surface area contributed by atoms with Crippen molar-refractivity contribution in [3.63, 3.8) is 0 Å². The molecule has 1 unspecified atom stereocenters. The Morgan fingerprint density at radius 3 is 2.80 bits per heavy atom. The minimum Gasteiger partial charge on any atom is -0.368 e. The third-order valence-corrected chi connectivity index (χ3v) is 3.97. The van der Waals surface area contributed by atoms with Crippen molar-refractivity contribution in [2.75, 3.05) is 6.54 Å². The van der Waals surface area contributed by atoms with Crippen LogP contribution in [0, 0.1) is 0 Å². The summed E-state index contributed by atoms with van der Waals surface area (Å²) in [6.07, 6.45) is 3.30. The molecule has 2 heterocycles. The maximum Gasteiger partial charge on any atom is 0.256 e. The molecule has 0 spiro atoms. The number of primary amides is 1. The standard InChI is InChI=1S/C15H17N3O2/c1-17-9-11(10-5-2-3-6-12(10)17)15(20)18-8-4-7-13(18)14(16)19/h2-3,5-6,9,13H,4,7-8H2,1H3,(H2,16,19). The summed E-state index contributed by atoms with van der Waals surface area (Å²) >= 11 is 0. The molecule has 2 aromatic rings. The van der Waals surface area contributed by atoms with Crippen molar-refractivity contribution in [2.24, 2.45) is 12.8 Å². The van der Waals surface area contributed by atoms with E-state index in [1.54, 1.807) is 4.90 Å². The quantitative estimate of drug-likeness (QED) is 0.893. The SMILES string of the molecule is Cn1cc(C(=O)N2CCCC2C(N)=O)c2ccccc21. The summed E-state index contributed by atoms with van der Waals surface area (Å²) in [6, 6.07) is 7.29. The molecule has 3 rings (SSSR count). The lowest BCUT2D eigenvalue weighted by atomic mass is 10.1. The van der Waals surface area contributed by atoms with Gasteiger partial charge < -0.3 is 15.2 Å². The zero-order valence-electron chi connectivity index (χ0n) is 11.4. The van der Waals surface area contributed by atoms with Crippen LogP contribution in [0.2, 0.25) is 0 Å². The molecule has 5 nitrogen and oxygen atoms in total. The highest BCUT2D eigenvalue weighted by molar-refractivity contribution is 6.08. The summed E-state index contributed by atoms with van der Waals surface area (Å²) in [4.78, 5) is 25.7. The number of aromatic nitrogens is 1. The minimum atomic E-state index is -0.471. The summed E-state index contributed by atoms with van der Waals surface area (Å²) in [5.74, 6) is -0.529. The molecule has 1 aliphatic heterocycles. The number of hydrogen-bond donors (Lipinski definition) is 1. The van der Waals surface area contributed by atoms with Crippen LogP contribution >= 0.6 is 0 Å². The number of nitrogens with two attached hydrogens (primary N) is 1. The number of rotatable bonds is 2. The average molecular weight is 271 g/mol. The lowest BCUT2D eigenvalue weighted by Gasteiger charge is -2.21. The molecule has 1 fully saturated rings. The van der Waals surface area contributed by atoms with E-state index in [-0.39, 0.29) is 5.91 Å². The number of nitrogens with zero attached hydrogens (tertiary/aromatic N) is 2. The molecule has 20 heavy (non-hydrogen) atoms. The van der Waals surface area contributed by atoms with E-state index in [2.05, 4.69) is 0 Å². The smallest absolute Gasteiger partial charge is 0.256 e. The molecule has 1 aromatic carbocycles. The highest BCUT2D eigenvalue weighted by atomic mass is 16.2. The molecule has 0 saturated carbocycles. The molecule has 5 heteroatoms. The van der Waals surface area contributed by atoms with E-state index >= 15 is 0 Å². The molecule has 1 aromatic heterocycles. The van der Waals surface area contributed by atoms with Gasteiger partial charge in [0, 0.05) is 30.7 Å². The van der Waals surface area contributed by atoms with Gasteiger partial charge in [-0.05, 0) is 18.9 Å². The van der Waals surface area contributed by atoms with Crippen LogP contribution in [0.25, 0.3) is 10.9 Å². The molecule has 0 radical (unpaired) electrons. The second-order valence-corrected chi connectivity index (χ2v) is 5.23. The first-order valence-electron chi connectivity index (χ1n) is 6.74. The van der Waals surface area contributed by atoms with Crippen LogP contribution in [0.5, 0.6) is 0 Å². The fourth-order valence-corrected chi connectivity index (χ4v) is 2.97. The number of para-hydroxylation sites is 1. The third kappa shape index (κ3) is 1.86. The van der Waals surface area contributed by atoms with Crippen LogP contribution in [0.15, 0.2) is 30.5 Å². The zero-order valence-corrected chi connectivity index (χ0v) is 11.4. The Labute approximate surface area is 117 Å². The van der Waals surface area contributed by atoms with Crippen molar-refractivity contribution < 1.29 is 9.59 Å². The number of aryl methyl sites for hydroxylation is 1. The number of amides is 2. The van der Waals surface area contributed by atoms with E-state index in [0.717, 1.165) is 17.3 Å². The van der Waals surface area contributed by atoms with Gasteiger partial charge in [0.2, 0.25) is 5.91 Å². The van der Waals surface area contributed by atoms with Crippen LogP contribution in [0.3, 0.4) is 0 Å². The van der Waals surface area contributed by atoms with Gasteiger partial charge in [-0.25, -0.2) is 0 Å². The van der Waals surface area contributed by atoms with Gasteiger partial charge in [-0.3, -0.25) is 9.59 Å². The average Bonchev–Trinajstić information content (AvgIpc) is 3.04. The van der Waals surface area contributed by atoms with Gasteiger partial charge in [-0.15, -0.1) is 0 Å². The van der Waals surface area contributed by atoms with Crippen LogP contribution in [-0.4, -0.2) is 33.9 Å². The molecule has 0 bridgehead atoms. The molecular formula is C15H17N3O2. The first-order chi connectivity index (χ1) is 9.59. The number of likely N-dealkylation sites (tertiary alicyclic amines) is 1. The maximum absolute atomic E-state index is 12.7. The highest BCUT2D eigenvalue weighted by Crippen LogP contribution is 2.25. The van der Waals surface area contributed by atoms with Crippen LogP contribution < -0.4 is 5.73 Å². The number of fused-ring (bicyclic) bond motifs is 1. The van der Waals surface area contributed by atoms with Gasteiger partial charge in [-0.2, -0.15) is 0 Å². The predicted molar refractivity (Wildman–Crippen MR) is 76.2 cm³/mol. The Hall–Kier alpha value is -2.30. The van der Waals surface area contributed by atoms with Crippen molar-refractivity contribution in [2.45, 2.75) is 18.9 Å². The Kier molecular flexibility index (Phi) is 2.97. The molecule has 0 aliphatic carbocycles. The topological polar surface area (TPSA) is 68.3 Å². The van der Waals surface area contributed by atoms with Crippen molar-refractivity contribution in [3.8, 4) is 0 Å². The fourth-order valence-electron chi connectivity index (χ4n) is 2.97. The van der Waals surface area contributed by atoms with Gasteiger partial charge in [0.25, 0.3) is 5.91 Å². The minimum absolute atomic E-state index is 0.108. The molecule has 1 saturated heterocycles. The van der Waals surface area contributed by atoms with E-state index < -0.39 is 11.9 Å². The summed E-state index contributed by atoms with van der Waals surface area (Å²) in [7, 11) is 1.91. The molecule has 1 atom stereocenters. The van der Waals surface area contributed by atoms with E-state index in [4.69, 9.17) is 5.73 Å². The van der Waals surface area contributed by atoms with Crippen molar-refractivity contribution in [3.05, 3.63) is 36.0 Å². The number of carbonyl (C=O) groups excluding carboxylic acids is 2. The first-order valence-corrected chi connectivity index (χ1v) is 6.74. The molecule has 2 N–H and O–H groups in total. The Balaban J connectivity index is 2.03. The van der Waals surface area contributed by atoms with E-state index in [1.165, 1.54) is 0 Å². The fraction of sp³-hybridized carbons (Fsp3) is 0.333. The number of hydrogen-bond acceptors (Lipinski definition) is 2. The van der Waals surface area contributed by atoms with Crippen LogP contribution in [0.4, 0.5) is 0 Å². The van der Waals surface area contributed by atoms with E-state index in [1.807, 2.05) is 42.1 Å². The van der Waals surface area contributed by atoms with Gasteiger partial charge in [0.15, 0.2) is 0 Å². The van der Waals surface area contributed by atoms with Crippen molar-refractivity contribution in [1.29, 1.82) is 0 Å². The normalized spacial score (nSPS) is 18.6. The Morgan fingerprint density at radius 1 is 1.30 bits per heavy atom. The Bertz CT molecular complexity index is 689. The van der Waals surface area contributed by atoms with Gasteiger partial charge in [-0.1, -0.05) is 18.2 Å². The molecule has 1 aliphatic rings. The largest absolute Gasteiger partial charge is 0.368 e. The second-order valence-electron chi connectivity index (χ2n) is 5.23. The van der Waals surface area contributed by atoms with Crippen molar-refractivity contribution in [1.82, 2.24) is 9.47 Å². The molecule has 2 amide bonds. The first kappa shape index (κ1) is 12.7. The molecule has 104 valence electrons. The highest BCUT2D eigenvalue weighted by Gasteiger charge is 2.34. The summed E-state index contributed by atoms with van der Waals surface area (Å²) < 4.78 is 1.93. The van der Waals surface area contributed by atoms with Crippen molar-refractivity contribution >= 4 is 22.7 Å². The van der Waals surface area contributed by atoms with Crippen LogP contribution in [-0.2, 0) is 11.8 Å². The predicted octanol–water partition coefficient (Wildman–Crippen LogP) is 1.27. The summed E-state index contributed by atoms with van der Waals surface area (Å²) in [6.45, 7) is 0.593. The summed E-state index contributed by atoms with van der Waals surface area (Å²) in [5.41, 5.74) is 7.02. The lowest BCUT2D eigenvalue weighted by molar-refractivity contribution is -0.121. The summed E-state index contributed by atoms with van der Waals surface area (Å²) in [5, 5.41) is 0.912. The van der Waals surface area contributed by atoms with E-state index in [9.17, 15) is 9.59 Å². The van der Waals surface area contributed by atoms with E-state index in [0.29, 0.717) is 18.5 Å². The third-order valence-electron chi connectivity index (χ3n) is 3.97. The number of carbonyl (C=O) groups is 2. The Morgan fingerprint density at radius 2 is 2.05 bits per heavy atom. The monoisotopic (exact) mass is 271 g/mol. The van der Waals surface area contributed by atoms with Gasteiger partial charge in [0.05, 0.1) is 5.56 Å². The van der Waals surface area contributed by atoms with Gasteiger partial charge >= 0.3 is 0 Å². The zero-order chi connectivity index (χ0) is 14.3.